The highest BCUT2D eigenvalue weighted by Crippen LogP contribution is 2.36. The van der Waals surface area contributed by atoms with Gasteiger partial charge in [-0.15, -0.1) is 11.8 Å². The second-order valence-electron chi connectivity index (χ2n) is 6.40. The van der Waals surface area contributed by atoms with Crippen LogP contribution in [0.25, 0.3) is 0 Å². The van der Waals surface area contributed by atoms with Gasteiger partial charge in [0.1, 0.15) is 0 Å². The quantitative estimate of drug-likeness (QED) is 0.443. The maximum Gasteiger partial charge on any atom is 0.0214 e. The standard InChI is InChI=1S/C16H29N/c1-5-6-7-13-17-15-10-8-9-14(11-12-15)16(2,3)4/h14-15,17H,7-13H2,1-4H3. The Kier molecular flexibility index (Phi) is 6.06. The zero-order chi connectivity index (χ0) is 12.7. The Labute approximate surface area is 108 Å². The van der Waals surface area contributed by atoms with Crippen LogP contribution >= 0.6 is 0 Å². The van der Waals surface area contributed by atoms with Crippen molar-refractivity contribution in [3.63, 3.8) is 0 Å². The summed E-state index contributed by atoms with van der Waals surface area (Å²) in [5, 5.41) is 3.67. The van der Waals surface area contributed by atoms with Gasteiger partial charge in [-0.25, -0.2) is 0 Å². The molecule has 1 fully saturated rings. The van der Waals surface area contributed by atoms with Gasteiger partial charge in [0.15, 0.2) is 0 Å². The van der Waals surface area contributed by atoms with Gasteiger partial charge >= 0.3 is 0 Å². The zero-order valence-electron chi connectivity index (χ0n) is 12.1. The summed E-state index contributed by atoms with van der Waals surface area (Å²) >= 11 is 0. The van der Waals surface area contributed by atoms with E-state index in [1.165, 1.54) is 32.1 Å². The lowest BCUT2D eigenvalue weighted by Gasteiger charge is -2.29. The predicted molar refractivity (Wildman–Crippen MR) is 75.9 cm³/mol. The van der Waals surface area contributed by atoms with Crippen molar-refractivity contribution in [2.75, 3.05) is 6.54 Å². The van der Waals surface area contributed by atoms with E-state index in [1.807, 2.05) is 6.92 Å². The van der Waals surface area contributed by atoms with Crippen molar-refractivity contribution in [1.82, 2.24) is 5.32 Å². The van der Waals surface area contributed by atoms with Gasteiger partial charge in [0.2, 0.25) is 0 Å². The molecule has 1 aliphatic rings. The van der Waals surface area contributed by atoms with Crippen molar-refractivity contribution in [3.05, 3.63) is 0 Å². The molecule has 2 unspecified atom stereocenters. The first kappa shape index (κ1) is 14.6. The smallest absolute Gasteiger partial charge is 0.0214 e. The van der Waals surface area contributed by atoms with Crippen molar-refractivity contribution >= 4 is 0 Å². The molecule has 0 spiro atoms. The molecular formula is C16H29N. The first-order chi connectivity index (χ1) is 8.04. The first-order valence-electron chi connectivity index (χ1n) is 7.17. The Morgan fingerprint density at radius 2 is 1.88 bits per heavy atom. The van der Waals surface area contributed by atoms with Gasteiger partial charge in [-0.1, -0.05) is 27.2 Å². The van der Waals surface area contributed by atoms with Gasteiger partial charge in [-0.2, -0.15) is 0 Å². The van der Waals surface area contributed by atoms with Crippen LogP contribution in [0.3, 0.4) is 0 Å². The van der Waals surface area contributed by atoms with E-state index in [-0.39, 0.29) is 0 Å². The van der Waals surface area contributed by atoms with Crippen molar-refractivity contribution in [2.24, 2.45) is 11.3 Å². The molecule has 2 atom stereocenters. The summed E-state index contributed by atoms with van der Waals surface area (Å²) in [6, 6.07) is 0.737. The summed E-state index contributed by atoms with van der Waals surface area (Å²) in [7, 11) is 0. The SMILES string of the molecule is CC#CCCNC1CCCC(C(C)(C)C)CC1. The van der Waals surface area contributed by atoms with E-state index in [9.17, 15) is 0 Å². The fourth-order valence-electron chi connectivity index (χ4n) is 2.84. The molecule has 1 saturated carbocycles. The molecule has 1 heteroatoms. The summed E-state index contributed by atoms with van der Waals surface area (Å²) in [6.07, 6.45) is 7.89. The topological polar surface area (TPSA) is 12.0 Å². The Morgan fingerprint density at radius 3 is 2.53 bits per heavy atom. The van der Waals surface area contributed by atoms with Crippen LogP contribution in [-0.4, -0.2) is 12.6 Å². The zero-order valence-corrected chi connectivity index (χ0v) is 12.1. The lowest BCUT2D eigenvalue weighted by atomic mass is 9.76. The second-order valence-corrected chi connectivity index (χ2v) is 6.40. The van der Waals surface area contributed by atoms with Crippen molar-refractivity contribution in [2.45, 2.75) is 72.3 Å². The molecule has 0 heterocycles. The molecule has 0 saturated heterocycles. The van der Waals surface area contributed by atoms with Crippen LogP contribution in [0, 0.1) is 23.2 Å². The van der Waals surface area contributed by atoms with Gasteiger partial charge in [-0.3, -0.25) is 0 Å². The highest BCUT2D eigenvalue weighted by Gasteiger charge is 2.27. The molecule has 0 amide bonds. The third-order valence-corrected chi connectivity index (χ3v) is 4.05. The average Bonchev–Trinajstić information content (AvgIpc) is 2.49. The highest BCUT2D eigenvalue weighted by atomic mass is 14.9. The summed E-state index contributed by atoms with van der Waals surface area (Å²) in [6.45, 7) is 10.2. The maximum absolute atomic E-state index is 3.67. The number of hydrogen-bond donors (Lipinski definition) is 1. The van der Waals surface area contributed by atoms with Crippen LogP contribution in [0.1, 0.15) is 66.2 Å². The lowest BCUT2D eigenvalue weighted by Crippen LogP contribution is -2.29. The van der Waals surface area contributed by atoms with Crippen LogP contribution in [0.4, 0.5) is 0 Å². The van der Waals surface area contributed by atoms with E-state index < -0.39 is 0 Å². The molecule has 0 bridgehead atoms. The normalized spacial score (nSPS) is 25.9. The highest BCUT2D eigenvalue weighted by molar-refractivity contribution is 4.95. The Morgan fingerprint density at radius 1 is 1.12 bits per heavy atom. The Bertz CT molecular complexity index is 263. The molecule has 0 aliphatic heterocycles. The minimum absolute atomic E-state index is 0.489. The summed E-state index contributed by atoms with van der Waals surface area (Å²) in [5.74, 6) is 6.99. The number of rotatable bonds is 3. The maximum atomic E-state index is 3.67. The third-order valence-electron chi connectivity index (χ3n) is 4.05. The first-order valence-corrected chi connectivity index (χ1v) is 7.17. The van der Waals surface area contributed by atoms with Crippen LogP contribution < -0.4 is 5.32 Å². The number of hydrogen-bond acceptors (Lipinski definition) is 1. The molecule has 0 radical (unpaired) electrons. The minimum atomic E-state index is 0.489. The van der Waals surface area contributed by atoms with E-state index in [0.717, 1.165) is 24.9 Å². The molecule has 17 heavy (non-hydrogen) atoms. The van der Waals surface area contributed by atoms with E-state index in [0.29, 0.717) is 5.41 Å². The van der Waals surface area contributed by atoms with Crippen LogP contribution in [0.2, 0.25) is 0 Å². The predicted octanol–water partition coefficient (Wildman–Crippen LogP) is 3.98. The minimum Gasteiger partial charge on any atom is -0.313 e. The second kappa shape index (κ2) is 7.07. The molecule has 98 valence electrons. The van der Waals surface area contributed by atoms with Gasteiger partial charge in [0.25, 0.3) is 0 Å². The van der Waals surface area contributed by atoms with Gasteiger partial charge in [-0.05, 0) is 43.9 Å². The van der Waals surface area contributed by atoms with Crippen LogP contribution in [0.5, 0.6) is 0 Å². The van der Waals surface area contributed by atoms with E-state index in [2.05, 4.69) is 37.9 Å². The molecule has 1 N–H and O–H groups in total. The fourth-order valence-corrected chi connectivity index (χ4v) is 2.84. The van der Waals surface area contributed by atoms with Crippen molar-refractivity contribution in [1.29, 1.82) is 0 Å². The van der Waals surface area contributed by atoms with E-state index >= 15 is 0 Å². The van der Waals surface area contributed by atoms with Gasteiger partial charge in [0, 0.05) is 19.0 Å². The average molecular weight is 235 g/mol. The monoisotopic (exact) mass is 235 g/mol. The lowest BCUT2D eigenvalue weighted by molar-refractivity contribution is 0.213. The van der Waals surface area contributed by atoms with Gasteiger partial charge in [0.05, 0.1) is 0 Å². The molecule has 0 aromatic heterocycles. The van der Waals surface area contributed by atoms with E-state index in [1.54, 1.807) is 0 Å². The van der Waals surface area contributed by atoms with Crippen LogP contribution in [-0.2, 0) is 0 Å². The summed E-state index contributed by atoms with van der Waals surface area (Å²) < 4.78 is 0. The molecule has 1 nitrogen and oxygen atoms in total. The Hall–Kier alpha value is -0.480. The third kappa shape index (κ3) is 5.59. The molecular weight excluding hydrogens is 206 g/mol. The largest absolute Gasteiger partial charge is 0.313 e. The van der Waals surface area contributed by atoms with Gasteiger partial charge < -0.3 is 5.32 Å². The molecule has 1 rings (SSSR count). The summed E-state index contributed by atoms with van der Waals surface area (Å²) in [4.78, 5) is 0. The fraction of sp³-hybridized carbons (Fsp3) is 0.875. The molecule has 0 aromatic carbocycles. The Balaban J connectivity index is 2.29. The van der Waals surface area contributed by atoms with Crippen LogP contribution in [0.15, 0.2) is 0 Å². The summed E-state index contributed by atoms with van der Waals surface area (Å²) in [5.41, 5.74) is 0.489. The molecule has 0 aromatic rings. The van der Waals surface area contributed by atoms with Crippen molar-refractivity contribution < 1.29 is 0 Å². The number of nitrogens with one attached hydrogen (secondary N) is 1. The van der Waals surface area contributed by atoms with E-state index in [4.69, 9.17) is 0 Å². The molecule has 1 aliphatic carbocycles. The van der Waals surface area contributed by atoms with Crippen molar-refractivity contribution in [3.8, 4) is 11.8 Å².